The first-order valence-electron chi connectivity index (χ1n) is 10.3. The van der Waals surface area contributed by atoms with Crippen LogP contribution in [0.5, 0.6) is 5.75 Å². The highest BCUT2D eigenvalue weighted by atomic mass is 35.5. The molecule has 174 valence electrons. The number of nitrogens with two attached hydrogens (primary N) is 2. The zero-order chi connectivity index (χ0) is 24.3. The molecule has 0 saturated heterocycles. The Balaban J connectivity index is 1.95. The molecule has 1 heterocycles. The molecule has 4 N–H and O–H groups in total. The fourth-order valence-electron chi connectivity index (χ4n) is 4.04. The molecule has 0 aliphatic carbocycles. The van der Waals surface area contributed by atoms with Crippen LogP contribution in [0.25, 0.3) is 0 Å². The van der Waals surface area contributed by atoms with Crippen molar-refractivity contribution in [3.05, 3.63) is 75.2 Å². The van der Waals surface area contributed by atoms with Crippen LogP contribution in [0.15, 0.2) is 52.7 Å². The van der Waals surface area contributed by atoms with Gasteiger partial charge >= 0.3 is 0 Å². The Kier molecular flexibility index (Phi) is 7.38. The smallest absolute Gasteiger partial charge is 0.256 e. The number of benzene rings is 2. The molecule has 9 heteroatoms. The third-order valence-electron chi connectivity index (χ3n) is 5.66. The van der Waals surface area contributed by atoms with Crippen molar-refractivity contribution in [2.45, 2.75) is 25.8 Å². The third-order valence-corrected chi connectivity index (χ3v) is 6.05. The van der Waals surface area contributed by atoms with Crippen LogP contribution in [0.2, 0.25) is 5.02 Å². The Bertz CT molecular complexity index is 1160. The van der Waals surface area contributed by atoms with Gasteiger partial charge in [0.1, 0.15) is 11.6 Å². The van der Waals surface area contributed by atoms with Gasteiger partial charge in [-0.1, -0.05) is 17.7 Å². The summed E-state index contributed by atoms with van der Waals surface area (Å²) in [5, 5.41) is 0.239. The molecule has 0 saturated carbocycles. The average molecular weight is 473 g/mol. The second kappa shape index (κ2) is 10.0. The maximum atomic E-state index is 14.2. The number of carbonyl (C=O) groups excluding carboxylic acids is 2. The average Bonchev–Trinajstić information content (AvgIpc) is 2.76. The molecule has 1 aliphatic rings. The molecule has 7 nitrogen and oxygen atoms in total. The monoisotopic (exact) mass is 472 g/mol. The van der Waals surface area contributed by atoms with E-state index in [2.05, 4.69) is 4.99 Å². The largest absolute Gasteiger partial charge is 0.495 e. The zero-order valence-electron chi connectivity index (χ0n) is 18.7. The fourth-order valence-corrected chi connectivity index (χ4v) is 4.32. The Hall–Kier alpha value is -3.39. The summed E-state index contributed by atoms with van der Waals surface area (Å²) in [6.45, 7) is 2.18. The lowest BCUT2D eigenvalue weighted by Gasteiger charge is -2.36. The summed E-state index contributed by atoms with van der Waals surface area (Å²) in [5.41, 5.74) is 14.7. The molecular formula is C24H26ClFN4O3. The first kappa shape index (κ1) is 24.3. The van der Waals surface area contributed by atoms with Gasteiger partial charge in [-0.25, -0.2) is 4.39 Å². The van der Waals surface area contributed by atoms with Gasteiger partial charge in [-0.3, -0.25) is 14.6 Å². The lowest BCUT2D eigenvalue weighted by atomic mass is 9.90. The highest BCUT2D eigenvalue weighted by molar-refractivity contribution is 6.35. The van der Waals surface area contributed by atoms with Crippen molar-refractivity contribution < 1.29 is 18.7 Å². The topological polar surface area (TPSA) is 111 Å². The van der Waals surface area contributed by atoms with Crippen molar-refractivity contribution in [2.75, 3.05) is 20.7 Å². The van der Waals surface area contributed by atoms with E-state index in [1.165, 1.54) is 19.2 Å². The van der Waals surface area contributed by atoms with Crippen molar-refractivity contribution >= 4 is 29.1 Å². The Labute approximate surface area is 196 Å². The van der Waals surface area contributed by atoms with Crippen LogP contribution >= 0.6 is 11.6 Å². The van der Waals surface area contributed by atoms with Crippen molar-refractivity contribution in [1.82, 2.24) is 4.90 Å². The van der Waals surface area contributed by atoms with Crippen molar-refractivity contribution in [2.24, 2.45) is 16.5 Å². The number of primary amides is 1. The summed E-state index contributed by atoms with van der Waals surface area (Å²) in [4.78, 5) is 30.5. The standard InChI is InChI=1S/C24H26ClFN4O3/c1-13-22(28)18(23(29-2)15-9-14(11-20(27)31)10-16(26)12-15)7-8-30(13)24(32)17-5-4-6-19(33-3)21(17)25/h4-6,9-10,12-13H,7-8,11,28H2,1-3H3,(H2,27,31). The number of carbonyl (C=O) groups is 2. The summed E-state index contributed by atoms with van der Waals surface area (Å²) in [5.74, 6) is -0.915. The van der Waals surface area contributed by atoms with E-state index in [4.69, 9.17) is 27.8 Å². The summed E-state index contributed by atoms with van der Waals surface area (Å²) < 4.78 is 19.5. The van der Waals surface area contributed by atoms with E-state index in [9.17, 15) is 14.0 Å². The van der Waals surface area contributed by atoms with Crippen LogP contribution < -0.4 is 16.2 Å². The maximum absolute atomic E-state index is 14.2. The van der Waals surface area contributed by atoms with Crippen molar-refractivity contribution in [1.29, 1.82) is 0 Å². The summed E-state index contributed by atoms with van der Waals surface area (Å²) >= 11 is 6.35. The Morgan fingerprint density at radius 2 is 2.03 bits per heavy atom. The van der Waals surface area contributed by atoms with E-state index in [-0.39, 0.29) is 17.4 Å². The van der Waals surface area contributed by atoms with E-state index < -0.39 is 17.8 Å². The molecule has 1 unspecified atom stereocenters. The first-order chi connectivity index (χ1) is 15.7. The zero-order valence-corrected chi connectivity index (χ0v) is 19.4. The highest BCUT2D eigenvalue weighted by Crippen LogP contribution is 2.32. The van der Waals surface area contributed by atoms with Crippen LogP contribution in [0.3, 0.4) is 0 Å². The molecule has 0 spiro atoms. The van der Waals surface area contributed by atoms with E-state index in [1.54, 1.807) is 36.2 Å². The number of aliphatic imine (C=N–C) groups is 1. The number of ether oxygens (including phenoxy) is 1. The molecule has 3 rings (SSSR count). The summed E-state index contributed by atoms with van der Waals surface area (Å²) in [6.07, 6.45) is 0.327. The molecule has 2 aromatic carbocycles. The van der Waals surface area contributed by atoms with E-state index in [0.29, 0.717) is 46.8 Å². The van der Waals surface area contributed by atoms with Gasteiger partial charge in [0.15, 0.2) is 0 Å². The highest BCUT2D eigenvalue weighted by Gasteiger charge is 2.32. The molecule has 1 aliphatic heterocycles. The molecule has 33 heavy (non-hydrogen) atoms. The van der Waals surface area contributed by atoms with Crippen LogP contribution in [-0.4, -0.2) is 49.2 Å². The molecule has 0 bridgehead atoms. The minimum atomic E-state index is -0.558. The van der Waals surface area contributed by atoms with Gasteiger partial charge in [-0.2, -0.15) is 0 Å². The SMILES string of the molecule is CN=C(C1=C(N)C(C)N(C(=O)c2cccc(OC)c2Cl)CC1)c1cc(F)cc(CC(N)=O)c1. The van der Waals surface area contributed by atoms with Gasteiger partial charge in [0.05, 0.1) is 35.9 Å². The molecule has 2 amide bonds. The molecule has 0 radical (unpaired) electrons. The lowest BCUT2D eigenvalue weighted by molar-refractivity contribution is -0.117. The van der Waals surface area contributed by atoms with Crippen LogP contribution in [-0.2, 0) is 11.2 Å². The molecule has 1 atom stereocenters. The van der Waals surface area contributed by atoms with Crippen LogP contribution in [0, 0.1) is 5.82 Å². The van der Waals surface area contributed by atoms with Gasteiger partial charge in [-0.05, 0) is 49.2 Å². The predicted molar refractivity (Wildman–Crippen MR) is 126 cm³/mol. The number of methoxy groups -OCH3 is 1. The number of hydrogen-bond acceptors (Lipinski definition) is 5. The van der Waals surface area contributed by atoms with Crippen LogP contribution in [0.4, 0.5) is 4.39 Å². The van der Waals surface area contributed by atoms with E-state index in [1.807, 2.05) is 6.92 Å². The van der Waals surface area contributed by atoms with E-state index >= 15 is 0 Å². The van der Waals surface area contributed by atoms with Gasteiger partial charge in [0.25, 0.3) is 5.91 Å². The summed E-state index contributed by atoms with van der Waals surface area (Å²) in [7, 11) is 3.07. The molecule has 2 aromatic rings. The van der Waals surface area contributed by atoms with Crippen molar-refractivity contribution in [3.8, 4) is 5.75 Å². The number of nitrogens with zero attached hydrogens (tertiary/aromatic N) is 2. The van der Waals surface area contributed by atoms with Gasteiger partial charge in [-0.15, -0.1) is 0 Å². The number of halogens is 2. The number of rotatable bonds is 6. The first-order valence-corrected chi connectivity index (χ1v) is 10.7. The Morgan fingerprint density at radius 1 is 1.30 bits per heavy atom. The quantitative estimate of drug-likeness (QED) is 0.629. The molecule has 0 aromatic heterocycles. The second-order valence-electron chi connectivity index (χ2n) is 7.74. The van der Waals surface area contributed by atoms with Gasteiger partial charge < -0.3 is 21.1 Å². The lowest BCUT2D eigenvalue weighted by Crippen LogP contribution is -2.46. The minimum Gasteiger partial charge on any atom is -0.495 e. The molecule has 0 fully saturated rings. The fraction of sp³-hybridized carbons (Fsp3) is 0.292. The minimum absolute atomic E-state index is 0.0870. The normalized spacial score (nSPS) is 16.7. The van der Waals surface area contributed by atoms with Crippen molar-refractivity contribution in [3.63, 3.8) is 0 Å². The van der Waals surface area contributed by atoms with Gasteiger partial charge in [0, 0.05) is 30.4 Å². The van der Waals surface area contributed by atoms with Gasteiger partial charge in [0.2, 0.25) is 5.91 Å². The van der Waals surface area contributed by atoms with Crippen LogP contribution in [0.1, 0.15) is 34.8 Å². The number of hydrogen-bond donors (Lipinski definition) is 2. The second-order valence-corrected chi connectivity index (χ2v) is 8.12. The maximum Gasteiger partial charge on any atom is 0.256 e. The third kappa shape index (κ3) is 5.01. The summed E-state index contributed by atoms with van der Waals surface area (Å²) in [6, 6.07) is 8.86. The Morgan fingerprint density at radius 3 is 2.67 bits per heavy atom. The molecular weight excluding hydrogens is 447 g/mol. The van der Waals surface area contributed by atoms with E-state index in [0.717, 1.165) is 5.57 Å². The predicted octanol–water partition coefficient (Wildman–Crippen LogP) is 3.08. The number of amides is 2.